The van der Waals surface area contributed by atoms with Crippen LogP contribution < -0.4 is 10.2 Å². The van der Waals surface area contributed by atoms with Gasteiger partial charge in [0.05, 0.1) is 11.3 Å². The smallest absolute Gasteiger partial charge is 0.220 e. The van der Waals surface area contributed by atoms with E-state index in [0.717, 1.165) is 30.7 Å². The molecule has 1 fully saturated rings. The number of benzene rings is 1. The summed E-state index contributed by atoms with van der Waals surface area (Å²) in [6, 6.07) is 6.05. The summed E-state index contributed by atoms with van der Waals surface area (Å²) < 4.78 is 0. The SMILES string of the molecule is CC(C)CC(=O)N[C@@H]1C[C@H](C)CN(c2ccc(C#N)c3nccnc23)C1. The van der Waals surface area contributed by atoms with Crippen LogP contribution in [0.25, 0.3) is 11.0 Å². The van der Waals surface area contributed by atoms with Gasteiger partial charge in [-0.3, -0.25) is 14.8 Å². The molecule has 1 saturated heterocycles. The minimum Gasteiger partial charge on any atom is -0.367 e. The van der Waals surface area contributed by atoms with Gasteiger partial charge in [0, 0.05) is 37.9 Å². The number of piperidine rings is 1. The van der Waals surface area contributed by atoms with Crippen molar-refractivity contribution < 1.29 is 4.79 Å². The summed E-state index contributed by atoms with van der Waals surface area (Å²) in [5.41, 5.74) is 2.88. The molecule has 0 aliphatic carbocycles. The Labute approximate surface area is 154 Å². The molecule has 2 heterocycles. The number of anilines is 1. The number of amides is 1. The molecular weight excluding hydrogens is 326 g/mol. The predicted molar refractivity (Wildman–Crippen MR) is 102 cm³/mol. The Morgan fingerprint density at radius 3 is 2.73 bits per heavy atom. The fourth-order valence-corrected chi connectivity index (χ4v) is 3.70. The Bertz CT molecular complexity index is 842. The van der Waals surface area contributed by atoms with E-state index in [-0.39, 0.29) is 11.9 Å². The third-order valence-electron chi connectivity index (χ3n) is 4.68. The van der Waals surface area contributed by atoms with Gasteiger partial charge in [0.2, 0.25) is 5.91 Å². The minimum absolute atomic E-state index is 0.114. The topological polar surface area (TPSA) is 81.9 Å². The van der Waals surface area contributed by atoms with Crippen LogP contribution in [0.1, 0.15) is 39.2 Å². The van der Waals surface area contributed by atoms with Gasteiger partial charge in [0.25, 0.3) is 0 Å². The summed E-state index contributed by atoms with van der Waals surface area (Å²) in [5, 5.41) is 12.5. The van der Waals surface area contributed by atoms with Crippen molar-refractivity contribution in [3.63, 3.8) is 0 Å². The number of nitrogens with zero attached hydrogens (tertiary/aromatic N) is 4. The third kappa shape index (κ3) is 3.93. The van der Waals surface area contributed by atoms with Gasteiger partial charge in [0.1, 0.15) is 17.1 Å². The molecule has 0 spiro atoms. The summed E-state index contributed by atoms with van der Waals surface area (Å²) in [4.78, 5) is 23.3. The number of nitrogens with one attached hydrogen (secondary N) is 1. The fraction of sp³-hybridized carbons (Fsp3) is 0.500. The highest BCUT2D eigenvalue weighted by molar-refractivity contribution is 5.92. The van der Waals surface area contributed by atoms with Gasteiger partial charge in [-0.05, 0) is 30.4 Å². The number of fused-ring (bicyclic) bond motifs is 1. The lowest BCUT2D eigenvalue weighted by Crippen LogP contribution is -2.50. The van der Waals surface area contributed by atoms with Gasteiger partial charge in [0.15, 0.2) is 0 Å². The summed E-state index contributed by atoms with van der Waals surface area (Å²) in [6.07, 6.45) is 4.79. The summed E-state index contributed by atoms with van der Waals surface area (Å²) in [7, 11) is 0. The first-order valence-corrected chi connectivity index (χ1v) is 9.16. The zero-order valence-electron chi connectivity index (χ0n) is 15.6. The lowest BCUT2D eigenvalue weighted by atomic mass is 9.94. The molecule has 1 amide bonds. The lowest BCUT2D eigenvalue weighted by Gasteiger charge is -2.38. The number of aromatic nitrogens is 2. The average molecular weight is 351 g/mol. The zero-order valence-corrected chi connectivity index (χ0v) is 15.6. The Balaban J connectivity index is 1.86. The molecule has 1 aliphatic rings. The van der Waals surface area contributed by atoms with E-state index in [2.05, 4.69) is 47.0 Å². The van der Waals surface area contributed by atoms with E-state index >= 15 is 0 Å². The Morgan fingerprint density at radius 1 is 1.31 bits per heavy atom. The summed E-state index contributed by atoms with van der Waals surface area (Å²) in [5.74, 6) is 0.920. The van der Waals surface area contributed by atoms with E-state index in [0.29, 0.717) is 29.3 Å². The van der Waals surface area contributed by atoms with Gasteiger partial charge in [-0.15, -0.1) is 0 Å². The van der Waals surface area contributed by atoms with Crippen molar-refractivity contribution in [2.24, 2.45) is 11.8 Å². The van der Waals surface area contributed by atoms with Gasteiger partial charge in [-0.2, -0.15) is 5.26 Å². The normalized spacial score (nSPS) is 20.2. The van der Waals surface area contributed by atoms with Crippen LogP contribution in [0.5, 0.6) is 0 Å². The maximum atomic E-state index is 12.2. The van der Waals surface area contributed by atoms with Gasteiger partial charge in [-0.25, -0.2) is 0 Å². The molecule has 0 unspecified atom stereocenters. The second kappa shape index (κ2) is 7.69. The van der Waals surface area contributed by atoms with E-state index < -0.39 is 0 Å². The van der Waals surface area contributed by atoms with Crippen molar-refractivity contribution in [2.75, 3.05) is 18.0 Å². The first kappa shape index (κ1) is 18.1. The van der Waals surface area contributed by atoms with Crippen molar-refractivity contribution in [2.45, 2.75) is 39.7 Å². The second-order valence-corrected chi connectivity index (χ2v) is 7.61. The molecule has 2 aromatic rings. The van der Waals surface area contributed by atoms with Gasteiger partial charge < -0.3 is 10.2 Å². The molecule has 1 aromatic heterocycles. The Kier molecular flexibility index (Phi) is 5.36. The Morgan fingerprint density at radius 2 is 2.04 bits per heavy atom. The standard InChI is InChI=1S/C20H25N5O/c1-13(2)8-18(26)24-16-9-14(3)11-25(12-16)17-5-4-15(10-21)19-20(17)23-7-6-22-19/h4-7,13-14,16H,8-9,11-12H2,1-3H3,(H,24,26)/t14-,16+/m0/s1. The van der Waals surface area contributed by atoms with Crippen molar-refractivity contribution in [3.8, 4) is 6.07 Å². The Hall–Kier alpha value is -2.68. The monoisotopic (exact) mass is 351 g/mol. The maximum Gasteiger partial charge on any atom is 0.220 e. The van der Waals surface area contributed by atoms with Crippen molar-refractivity contribution in [1.29, 1.82) is 5.26 Å². The summed E-state index contributed by atoms with van der Waals surface area (Å²) >= 11 is 0. The lowest BCUT2D eigenvalue weighted by molar-refractivity contribution is -0.122. The van der Waals surface area contributed by atoms with Crippen molar-refractivity contribution >= 4 is 22.6 Å². The molecule has 6 heteroatoms. The molecule has 136 valence electrons. The maximum absolute atomic E-state index is 12.2. The third-order valence-corrected chi connectivity index (χ3v) is 4.68. The molecule has 0 saturated carbocycles. The molecule has 0 radical (unpaired) electrons. The zero-order chi connectivity index (χ0) is 18.7. The number of nitriles is 1. The van der Waals surface area contributed by atoms with E-state index in [1.807, 2.05) is 6.07 Å². The number of rotatable bonds is 4. The van der Waals surface area contributed by atoms with Crippen LogP contribution in [0, 0.1) is 23.2 Å². The van der Waals surface area contributed by atoms with Gasteiger partial charge in [-0.1, -0.05) is 20.8 Å². The number of hydrogen-bond acceptors (Lipinski definition) is 5. The largest absolute Gasteiger partial charge is 0.367 e. The molecule has 0 bridgehead atoms. The highest BCUT2D eigenvalue weighted by Gasteiger charge is 2.27. The van der Waals surface area contributed by atoms with E-state index in [1.54, 1.807) is 18.5 Å². The van der Waals surface area contributed by atoms with Crippen LogP contribution in [0.15, 0.2) is 24.5 Å². The molecule has 2 atom stereocenters. The molecule has 26 heavy (non-hydrogen) atoms. The van der Waals surface area contributed by atoms with E-state index in [9.17, 15) is 10.1 Å². The first-order chi connectivity index (χ1) is 12.5. The van der Waals surface area contributed by atoms with E-state index in [1.165, 1.54) is 0 Å². The number of hydrogen-bond donors (Lipinski definition) is 1. The molecule has 3 rings (SSSR count). The highest BCUT2D eigenvalue weighted by Crippen LogP contribution is 2.30. The minimum atomic E-state index is 0.114. The van der Waals surface area contributed by atoms with Crippen molar-refractivity contribution in [1.82, 2.24) is 15.3 Å². The highest BCUT2D eigenvalue weighted by atomic mass is 16.1. The quantitative estimate of drug-likeness (QED) is 0.916. The van der Waals surface area contributed by atoms with Crippen LogP contribution in [-0.4, -0.2) is 35.0 Å². The van der Waals surface area contributed by atoms with Crippen LogP contribution in [0.2, 0.25) is 0 Å². The van der Waals surface area contributed by atoms with Crippen LogP contribution >= 0.6 is 0 Å². The van der Waals surface area contributed by atoms with Gasteiger partial charge >= 0.3 is 0 Å². The summed E-state index contributed by atoms with van der Waals surface area (Å²) in [6.45, 7) is 7.94. The van der Waals surface area contributed by atoms with Crippen LogP contribution in [-0.2, 0) is 4.79 Å². The molecule has 1 aromatic carbocycles. The van der Waals surface area contributed by atoms with E-state index in [4.69, 9.17) is 0 Å². The van der Waals surface area contributed by atoms with Crippen LogP contribution in [0.3, 0.4) is 0 Å². The van der Waals surface area contributed by atoms with Crippen LogP contribution in [0.4, 0.5) is 5.69 Å². The number of carbonyl (C=O) groups excluding carboxylic acids is 1. The van der Waals surface area contributed by atoms with Crippen molar-refractivity contribution in [3.05, 3.63) is 30.1 Å². The molecule has 1 N–H and O–H groups in total. The average Bonchev–Trinajstić information content (AvgIpc) is 2.59. The molecular formula is C20H25N5O. The fourth-order valence-electron chi connectivity index (χ4n) is 3.70. The predicted octanol–water partition coefficient (Wildman–Crippen LogP) is 2.88. The number of carbonyl (C=O) groups is 1. The molecule has 6 nitrogen and oxygen atoms in total. The molecule has 1 aliphatic heterocycles. The first-order valence-electron chi connectivity index (χ1n) is 9.16. The second-order valence-electron chi connectivity index (χ2n) is 7.61.